The van der Waals surface area contributed by atoms with Gasteiger partial charge in [0, 0.05) is 21.3 Å². The number of methoxy groups -OCH3 is 1. The van der Waals surface area contributed by atoms with Gasteiger partial charge in [0.2, 0.25) is 0 Å². The molecule has 0 aliphatic heterocycles. The predicted molar refractivity (Wildman–Crippen MR) is 145 cm³/mol. The normalized spacial score (nSPS) is 11.0. The fourth-order valence-corrected chi connectivity index (χ4v) is 4.39. The Hall–Kier alpha value is -2.73. The highest BCUT2D eigenvalue weighted by Gasteiger charge is 2.15. The van der Waals surface area contributed by atoms with Crippen LogP contribution in [0.1, 0.15) is 22.3 Å². The number of amides is 1. The van der Waals surface area contributed by atoms with Gasteiger partial charge in [-0.3, -0.25) is 4.79 Å². The van der Waals surface area contributed by atoms with Gasteiger partial charge < -0.3 is 14.8 Å². The number of benzene rings is 3. The molecule has 1 amide bonds. The number of nitrogens with zero attached hydrogens (tertiary/aromatic N) is 1. The van der Waals surface area contributed by atoms with E-state index in [-0.39, 0.29) is 12.2 Å². The lowest BCUT2D eigenvalue weighted by Gasteiger charge is -2.14. The van der Waals surface area contributed by atoms with Crippen molar-refractivity contribution >= 4 is 63.5 Å². The van der Waals surface area contributed by atoms with Crippen LogP contribution in [0.2, 0.25) is 10.0 Å². The molecule has 0 spiro atoms. The molecule has 3 aromatic carbocycles. The summed E-state index contributed by atoms with van der Waals surface area (Å²) in [6, 6.07) is 16.3. The summed E-state index contributed by atoms with van der Waals surface area (Å²) < 4.78 is 12.2. The van der Waals surface area contributed by atoms with E-state index in [1.165, 1.54) is 13.2 Å². The maximum Gasteiger partial charge on any atom is 0.266 e. The highest BCUT2D eigenvalue weighted by Crippen LogP contribution is 2.36. The zero-order chi connectivity index (χ0) is 24.8. The zero-order valence-electron chi connectivity index (χ0n) is 18.7. The van der Waals surface area contributed by atoms with Crippen molar-refractivity contribution in [2.45, 2.75) is 20.5 Å². The van der Waals surface area contributed by atoms with Gasteiger partial charge in [-0.1, -0.05) is 41.4 Å². The minimum Gasteiger partial charge on any atom is -0.493 e. The molecule has 0 radical (unpaired) electrons. The Balaban J connectivity index is 1.84. The standard InChI is InChI=1S/C26H21Cl2IN2O3/c1-15-5-4-6-23(16(15)2)31-26(32)19(13-30)9-17-10-22(29)25(24(11-17)33-3)34-14-18-7-8-20(27)12-21(18)28/h4-12H,14H2,1-3H3,(H,31,32)/b19-9-. The molecule has 174 valence electrons. The molecule has 34 heavy (non-hydrogen) atoms. The minimum atomic E-state index is -0.483. The molecule has 1 N–H and O–H groups in total. The van der Waals surface area contributed by atoms with E-state index < -0.39 is 5.91 Å². The van der Waals surface area contributed by atoms with E-state index in [1.807, 2.05) is 38.1 Å². The van der Waals surface area contributed by atoms with Gasteiger partial charge in [-0.25, -0.2) is 0 Å². The molecule has 0 aromatic heterocycles. The number of nitriles is 1. The van der Waals surface area contributed by atoms with Crippen molar-refractivity contribution in [3.63, 3.8) is 0 Å². The predicted octanol–water partition coefficient (Wildman–Crippen LogP) is 7.35. The Kier molecular flexibility index (Phi) is 8.84. The van der Waals surface area contributed by atoms with Crippen molar-refractivity contribution in [3.05, 3.63) is 90.0 Å². The first-order valence-electron chi connectivity index (χ1n) is 10.2. The van der Waals surface area contributed by atoms with Gasteiger partial charge in [0.15, 0.2) is 11.5 Å². The maximum absolute atomic E-state index is 12.8. The molecule has 0 bridgehead atoms. The first kappa shape index (κ1) is 25.9. The van der Waals surface area contributed by atoms with Gasteiger partial charge >= 0.3 is 0 Å². The summed E-state index contributed by atoms with van der Waals surface area (Å²) in [6.07, 6.45) is 1.52. The Morgan fingerprint density at radius 1 is 1.18 bits per heavy atom. The smallest absolute Gasteiger partial charge is 0.266 e. The highest BCUT2D eigenvalue weighted by molar-refractivity contribution is 14.1. The SMILES string of the molecule is COc1cc(/C=C(/C#N)C(=O)Nc2cccc(C)c2C)cc(I)c1OCc1ccc(Cl)cc1Cl. The molecule has 0 heterocycles. The van der Waals surface area contributed by atoms with Crippen LogP contribution in [0.3, 0.4) is 0 Å². The van der Waals surface area contributed by atoms with Crippen LogP contribution in [0.4, 0.5) is 5.69 Å². The molecule has 0 atom stereocenters. The Labute approximate surface area is 222 Å². The van der Waals surface area contributed by atoms with Crippen LogP contribution in [0, 0.1) is 28.7 Å². The van der Waals surface area contributed by atoms with Crippen LogP contribution >= 0.6 is 45.8 Å². The molecule has 0 aliphatic carbocycles. The van der Waals surface area contributed by atoms with Crippen LogP contribution in [-0.4, -0.2) is 13.0 Å². The number of hydrogen-bond acceptors (Lipinski definition) is 4. The van der Waals surface area contributed by atoms with Crippen molar-refractivity contribution in [3.8, 4) is 17.6 Å². The molecule has 0 saturated carbocycles. The number of rotatable bonds is 7. The monoisotopic (exact) mass is 606 g/mol. The van der Waals surface area contributed by atoms with Crippen LogP contribution in [0.5, 0.6) is 11.5 Å². The average molecular weight is 607 g/mol. The van der Waals surface area contributed by atoms with Gasteiger partial charge in [0.1, 0.15) is 18.2 Å². The fraction of sp³-hybridized carbons (Fsp3) is 0.154. The summed E-state index contributed by atoms with van der Waals surface area (Å²) in [5, 5.41) is 13.5. The van der Waals surface area contributed by atoms with Crippen LogP contribution in [0.25, 0.3) is 6.08 Å². The first-order valence-corrected chi connectivity index (χ1v) is 12.0. The van der Waals surface area contributed by atoms with Crippen LogP contribution in [-0.2, 0) is 11.4 Å². The van der Waals surface area contributed by atoms with Gasteiger partial charge in [0.25, 0.3) is 5.91 Å². The van der Waals surface area contributed by atoms with E-state index in [1.54, 1.807) is 30.3 Å². The lowest BCUT2D eigenvalue weighted by molar-refractivity contribution is -0.112. The Morgan fingerprint density at radius 2 is 1.94 bits per heavy atom. The lowest BCUT2D eigenvalue weighted by Crippen LogP contribution is -2.14. The first-order chi connectivity index (χ1) is 16.2. The van der Waals surface area contributed by atoms with Gasteiger partial charge in [-0.2, -0.15) is 5.26 Å². The quantitative estimate of drug-likeness (QED) is 0.173. The number of halogens is 3. The summed E-state index contributed by atoms with van der Waals surface area (Å²) >= 11 is 14.3. The molecule has 0 aliphatic rings. The summed E-state index contributed by atoms with van der Waals surface area (Å²) in [5.74, 6) is 0.517. The molecule has 3 rings (SSSR count). The summed E-state index contributed by atoms with van der Waals surface area (Å²) in [5.41, 5.74) is 4.05. The summed E-state index contributed by atoms with van der Waals surface area (Å²) in [7, 11) is 1.53. The second kappa shape index (κ2) is 11.6. The third kappa shape index (κ3) is 6.23. The zero-order valence-corrected chi connectivity index (χ0v) is 22.4. The van der Waals surface area contributed by atoms with E-state index in [9.17, 15) is 10.1 Å². The number of aryl methyl sites for hydroxylation is 1. The molecule has 0 saturated heterocycles. The van der Waals surface area contributed by atoms with Crippen LogP contribution < -0.4 is 14.8 Å². The maximum atomic E-state index is 12.8. The number of anilines is 1. The van der Waals surface area contributed by atoms with Crippen molar-refractivity contribution in [1.82, 2.24) is 0 Å². The lowest BCUT2D eigenvalue weighted by atomic mass is 10.1. The second-order valence-electron chi connectivity index (χ2n) is 7.43. The van der Waals surface area contributed by atoms with E-state index in [2.05, 4.69) is 27.9 Å². The van der Waals surface area contributed by atoms with E-state index in [4.69, 9.17) is 32.7 Å². The molecular formula is C26H21Cl2IN2O3. The van der Waals surface area contributed by atoms with Crippen molar-refractivity contribution < 1.29 is 14.3 Å². The number of carbonyl (C=O) groups is 1. The third-order valence-electron chi connectivity index (χ3n) is 5.17. The molecule has 0 fully saturated rings. The van der Waals surface area contributed by atoms with E-state index >= 15 is 0 Å². The molecule has 0 unspecified atom stereocenters. The van der Waals surface area contributed by atoms with Gasteiger partial charge in [-0.15, -0.1) is 0 Å². The fourth-order valence-electron chi connectivity index (χ4n) is 3.14. The number of carbonyl (C=O) groups excluding carboxylic acids is 1. The van der Waals surface area contributed by atoms with Gasteiger partial charge in [0.05, 0.1) is 10.7 Å². The van der Waals surface area contributed by atoms with Crippen LogP contribution in [0.15, 0.2) is 54.1 Å². The second-order valence-corrected chi connectivity index (χ2v) is 9.44. The van der Waals surface area contributed by atoms with Crippen molar-refractivity contribution in [1.29, 1.82) is 5.26 Å². The average Bonchev–Trinajstić information content (AvgIpc) is 2.80. The minimum absolute atomic E-state index is 0.0274. The number of ether oxygens (including phenoxy) is 2. The Bertz CT molecular complexity index is 1320. The van der Waals surface area contributed by atoms with Gasteiger partial charge in [-0.05, 0) is 89.5 Å². The number of nitrogens with one attached hydrogen (secondary N) is 1. The molecule has 3 aromatic rings. The van der Waals surface area contributed by atoms with Crippen molar-refractivity contribution in [2.24, 2.45) is 0 Å². The highest BCUT2D eigenvalue weighted by atomic mass is 127. The van der Waals surface area contributed by atoms with Crippen molar-refractivity contribution in [2.75, 3.05) is 12.4 Å². The van der Waals surface area contributed by atoms with E-state index in [0.717, 1.165) is 20.3 Å². The number of hydrogen-bond donors (Lipinski definition) is 1. The molecular weight excluding hydrogens is 586 g/mol. The Morgan fingerprint density at radius 3 is 2.62 bits per heavy atom. The topological polar surface area (TPSA) is 71.3 Å². The summed E-state index contributed by atoms with van der Waals surface area (Å²) in [4.78, 5) is 12.8. The summed E-state index contributed by atoms with van der Waals surface area (Å²) in [6.45, 7) is 4.11. The third-order valence-corrected chi connectivity index (χ3v) is 6.56. The largest absolute Gasteiger partial charge is 0.493 e. The van der Waals surface area contributed by atoms with E-state index in [0.29, 0.717) is 32.8 Å². The molecule has 5 nitrogen and oxygen atoms in total. The molecule has 8 heteroatoms.